The van der Waals surface area contributed by atoms with Crippen molar-refractivity contribution in [2.45, 2.75) is 18.1 Å². The predicted octanol–water partition coefficient (Wildman–Crippen LogP) is 2.93. The average molecular weight is 448 g/mol. The van der Waals surface area contributed by atoms with Gasteiger partial charge in [0.1, 0.15) is 11.5 Å². The van der Waals surface area contributed by atoms with Crippen LogP contribution in [0, 0.1) is 0 Å². The number of likely N-dealkylation sites (tertiary alicyclic amines) is 1. The minimum absolute atomic E-state index is 0.0845. The van der Waals surface area contributed by atoms with E-state index < -0.39 is 24.9 Å². The number of rotatable bonds is 6. The van der Waals surface area contributed by atoms with Crippen LogP contribution in [0.25, 0.3) is 28.3 Å². The second kappa shape index (κ2) is 7.40. The van der Waals surface area contributed by atoms with Gasteiger partial charge in [-0.05, 0) is 0 Å². The van der Waals surface area contributed by atoms with Crippen molar-refractivity contribution in [3.8, 4) is 22.6 Å². The molecule has 0 N–H and O–H groups in total. The van der Waals surface area contributed by atoms with Gasteiger partial charge in [-0.2, -0.15) is 23.4 Å². The lowest BCUT2D eigenvalue weighted by atomic mass is 9.86. The highest BCUT2D eigenvalue weighted by atomic mass is 19.4. The zero-order valence-electron chi connectivity index (χ0n) is 17.2. The Kier molecular flexibility index (Phi) is 4.77. The summed E-state index contributed by atoms with van der Waals surface area (Å²) in [6, 6.07) is 1.84. The van der Waals surface area contributed by atoms with Crippen molar-refractivity contribution in [3.05, 3.63) is 43.2 Å². The molecule has 0 unspecified atom stereocenters. The van der Waals surface area contributed by atoms with Crippen molar-refractivity contribution in [1.29, 1.82) is 0 Å². The van der Waals surface area contributed by atoms with E-state index in [1.165, 1.54) is 4.90 Å². The minimum Gasteiger partial charge on any atom is -0.290 e. The van der Waals surface area contributed by atoms with Gasteiger partial charge in [0.05, 0.1) is 42.4 Å². The number of alkyl halides is 4. The lowest BCUT2D eigenvalue weighted by molar-refractivity contribution is -0.169. The molecule has 0 bridgehead atoms. The first-order valence-electron chi connectivity index (χ1n) is 10.0. The Morgan fingerprint density at radius 1 is 1.09 bits per heavy atom. The van der Waals surface area contributed by atoms with E-state index in [2.05, 4.69) is 15.2 Å². The summed E-state index contributed by atoms with van der Waals surface area (Å²) >= 11 is 0. The fourth-order valence-electron chi connectivity index (χ4n) is 4.27. The molecule has 1 fully saturated rings. The van der Waals surface area contributed by atoms with E-state index in [0.29, 0.717) is 22.7 Å². The first kappa shape index (κ1) is 20.6. The molecule has 1 aliphatic rings. The van der Waals surface area contributed by atoms with Gasteiger partial charge in [0.25, 0.3) is 0 Å². The zero-order chi connectivity index (χ0) is 22.5. The van der Waals surface area contributed by atoms with Crippen LogP contribution < -0.4 is 0 Å². The van der Waals surface area contributed by atoms with Crippen LogP contribution in [0.5, 0.6) is 0 Å². The number of aromatic nitrogens is 7. The van der Waals surface area contributed by atoms with Crippen LogP contribution in [0.2, 0.25) is 0 Å². The number of nitrogens with zero attached hydrogens (tertiary/aromatic N) is 8. The van der Waals surface area contributed by atoms with Gasteiger partial charge in [0.15, 0.2) is 0 Å². The molecule has 32 heavy (non-hydrogen) atoms. The Hall–Kier alpha value is -3.28. The van der Waals surface area contributed by atoms with E-state index >= 15 is 0 Å². The van der Waals surface area contributed by atoms with E-state index in [4.69, 9.17) is 4.98 Å². The summed E-state index contributed by atoms with van der Waals surface area (Å²) in [4.78, 5) is 10.4. The molecule has 0 amide bonds. The van der Waals surface area contributed by atoms with Gasteiger partial charge in [0.2, 0.25) is 0 Å². The molecule has 1 aliphatic heterocycles. The Bertz CT molecular complexity index is 1250. The molecule has 4 aromatic heterocycles. The molecule has 168 valence electrons. The molecule has 0 saturated carbocycles. The van der Waals surface area contributed by atoms with Crippen molar-refractivity contribution < 1.29 is 17.6 Å². The smallest absolute Gasteiger partial charge is 0.290 e. The van der Waals surface area contributed by atoms with Gasteiger partial charge in [-0.1, -0.05) is 0 Å². The highest BCUT2D eigenvalue weighted by molar-refractivity contribution is 5.68. The fourth-order valence-corrected chi connectivity index (χ4v) is 4.27. The van der Waals surface area contributed by atoms with Crippen LogP contribution in [-0.2, 0) is 12.6 Å². The van der Waals surface area contributed by atoms with E-state index in [1.54, 1.807) is 44.7 Å². The highest BCUT2D eigenvalue weighted by Crippen LogP contribution is 2.36. The second-order valence-corrected chi connectivity index (χ2v) is 8.12. The van der Waals surface area contributed by atoms with Gasteiger partial charge in [-0.3, -0.25) is 23.1 Å². The third-order valence-electron chi connectivity index (χ3n) is 5.72. The van der Waals surface area contributed by atoms with Gasteiger partial charge >= 0.3 is 6.18 Å². The second-order valence-electron chi connectivity index (χ2n) is 8.12. The lowest BCUT2D eigenvalue weighted by Crippen LogP contribution is -2.64. The molecule has 0 aromatic carbocycles. The normalized spacial score (nSPS) is 16.5. The van der Waals surface area contributed by atoms with Crippen molar-refractivity contribution in [2.75, 3.05) is 26.3 Å². The van der Waals surface area contributed by atoms with Crippen molar-refractivity contribution >= 4 is 5.65 Å². The summed E-state index contributed by atoms with van der Waals surface area (Å²) < 4.78 is 56.5. The quantitative estimate of drug-likeness (QED) is 0.425. The predicted molar refractivity (Wildman–Crippen MR) is 107 cm³/mol. The van der Waals surface area contributed by atoms with Crippen LogP contribution in [0.1, 0.15) is 6.42 Å². The Morgan fingerprint density at radius 3 is 2.56 bits per heavy atom. The van der Waals surface area contributed by atoms with Crippen LogP contribution in [-0.4, -0.2) is 71.3 Å². The van der Waals surface area contributed by atoms with Crippen LogP contribution in [0.15, 0.2) is 43.2 Å². The third-order valence-corrected chi connectivity index (χ3v) is 5.72. The average Bonchev–Trinajstić information content (AvgIpc) is 3.44. The standard InChI is InChI=1S/C20H20F4N8/c1-29-9-14(7-26-29)16-6-17-25-4-5-31(17)18(28-16)15-8-27-32(10-15)19(2-3-21)11-30(12-19)13-20(22,23)24/h4-10H,2-3,11-13H2,1H3. The molecule has 1 saturated heterocycles. The lowest BCUT2D eigenvalue weighted by Gasteiger charge is -2.50. The maximum absolute atomic E-state index is 13.3. The molecule has 0 spiro atoms. The van der Waals surface area contributed by atoms with Crippen LogP contribution in [0.4, 0.5) is 17.6 Å². The number of hydrogen-bond donors (Lipinski definition) is 0. The third kappa shape index (κ3) is 3.64. The maximum atomic E-state index is 13.3. The largest absolute Gasteiger partial charge is 0.401 e. The SMILES string of the molecule is Cn1cc(-c2cc3nccn3c(-c3cnn(C4(CCF)CN(CC(F)(F)F)C4)c3)n2)cn1. The molecule has 12 heteroatoms. The number of fused-ring (bicyclic) bond motifs is 1. The van der Waals surface area contributed by atoms with Crippen molar-refractivity contribution in [1.82, 2.24) is 38.8 Å². The van der Waals surface area contributed by atoms with Crippen LogP contribution >= 0.6 is 0 Å². The molecule has 5 rings (SSSR count). The molecule has 0 atom stereocenters. The van der Waals surface area contributed by atoms with Crippen LogP contribution in [0.3, 0.4) is 0 Å². The van der Waals surface area contributed by atoms with Gasteiger partial charge in [-0.25, -0.2) is 9.97 Å². The summed E-state index contributed by atoms with van der Waals surface area (Å²) in [5.41, 5.74) is 2.03. The van der Waals surface area contributed by atoms with Gasteiger partial charge in [-0.15, -0.1) is 0 Å². The Balaban J connectivity index is 1.50. The maximum Gasteiger partial charge on any atom is 0.401 e. The summed E-state index contributed by atoms with van der Waals surface area (Å²) in [5, 5.41) is 8.57. The summed E-state index contributed by atoms with van der Waals surface area (Å²) in [5.74, 6) is 0.576. The Labute approximate surface area is 180 Å². The number of halogens is 4. The molecule has 8 nitrogen and oxygen atoms in total. The molecular formula is C20H20F4N8. The van der Waals surface area contributed by atoms with Gasteiger partial charge < -0.3 is 0 Å². The molecular weight excluding hydrogens is 428 g/mol. The van der Waals surface area contributed by atoms with E-state index in [-0.39, 0.29) is 19.5 Å². The van der Waals surface area contributed by atoms with E-state index in [9.17, 15) is 17.6 Å². The molecule has 4 aromatic rings. The first-order valence-corrected chi connectivity index (χ1v) is 10.0. The monoisotopic (exact) mass is 448 g/mol. The van der Waals surface area contributed by atoms with E-state index in [1.807, 2.05) is 19.3 Å². The zero-order valence-corrected chi connectivity index (χ0v) is 17.2. The van der Waals surface area contributed by atoms with Crippen molar-refractivity contribution in [3.63, 3.8) is 0 Å². The number of imidazole rings is 1. The summed E-state index contributed by atoms with van der Waals surface area (Å²) in [6.45, 7) is -1.49. The van der Waals surface area contributed by atoms with Crippen molar-refractivity contribution in [2.24, 2.45) is 7.05 Å². The molecule has 0 aliphatic carbocycles. The Morgan fingerprint density at radius 2 is 1.88 bits per heavy atom. The first-order chi connectivity index (χ1) is 15.3. The number of hydrogen-bond acceptors (Lipinski definition) is 5. The summed E-state index contributed by atoms with van der Waals surface area (Å²) in [7, 11) is 1.81. The molecule has 0 radical (unpaired) electrons. The topological polar surface area (TPSA) is 69.1 Å². The highest BCUT2D eigenvalue weighted by Gasteiger charge is 2.48. The number of aryl methyl sites for hydroxylation is 1. The van der Waals surface area contributed by atoms with Gasteiger partial charge in [0, 0.05) is 63.0 Å². The minimum atomic E-state index is -4.29. The fraction of sp³-hybridized carbons (Fsp3) is 0.400. The van der Waals surface area contributed by atoms with E-state index in [0.717, 1.165) is 5.56 Å². The molecule has 5 heterocycles. The summed E-state index contributed by atoms with van der Waals surface area (Å²) in [6.07, 6.45) is 6.09.